The van der Waals surface area contributed by atoms with Gasteiger partial charge in [0.05, 0.1) is 23.6 Å². The van der Waals surface area contributed by atoms with E-state index in [0.717, 1.165) is 16.9 Å². The predicted octanol–water partition coefficient (Wildman–Crippen LogP) is 1.56. The lowest BCUT2D eigenvalue weighted by molar-refractivity contribution is -0.120. The number of nitrogens with one attached hydrogen (secondary N) is 2. The number of aromatic nitrogens is 1. The van der Waals surface area contributed by atoms with Gasteiger partial charge in [-0.2, -0.15) is 0 Å². The average Bonchev–Trinajstić information content (AvgIpc) is 2.94. The second-order valence-corrected chi connectivity index (χ2v) is 7.62. The summed E-state index contributed by atoms with van der Waals surface area (Å²) in [7, 11) is -2.13. The number of hydrogen-bond donors (Lipinski definition) is 2. The maximum absolute atomic E-state index is 12.3. The van der Waals surface area contributed by atoms with E-state index in [2.05, 4.69) is 15.0 Å². The van der Waals surface area contributed by atoms with E-state index in [1.165, 1.54) is 12.1 Å². The summed E-state index contributed by atoms with van der Waals surface area (Å²) < 4.78 is 31.8. The molecule has 0 bridgehead atoms. The second kappa shape index (κ2) is 8.22. The Morgan fingerprint density at radius 2 is 2.00 bits per heavy atom. The quantitative estimate of drug-likeness (QED) is 0.688. The van der Waals surface area contributed by atoms with Crippen molar-refractivity contribution in [2.45, 2.75) is 18.2 Å². The topological polar surface area (TPSA) is 97.4 Å². The van der Waals surface area contributed by atoms with Gasteiger partial charge in [0.1, 0.15) is 0 Å². The van der Waals surface area contributed by atoms with Crippen molar-refractivity contribution in [1.82, 2.24) is 10.3 Å². The lowest BCUT2D eigenvalue weighted by Gasteiger charge is -2.05. The van der Waals surface area contributed by atoms with Gasteiger partial charge in [-0.25, -0.2) is 13.4 Å². The first-order valence-corrected chi connectivity index (χ1v) is 9.56. The molecule has 24 heavy (non-hydrogen) atoms. The molecule has 7 nitrogen and oxygen atoms in total. The van der Waals surface area contributed by atoms with Crippen LogP contribution in [0, 0.1) is 6.92 Å². The minimum atomic E-state index is -3.68. The fourth-order valence-corrected chi connectivity index (χ4v) is 3.81. The molecule has 0 aliphatic carbocycles. The van der Waals surface area contributed by atoms with Crippen LogP contribution in [0.3, 0.4) is 0 Å². The molecular weight excluding hydrogens is 350 g/mol. The summed E-state index contributed by atoms with van der Waals surface area (Å²) in [5, 5.41) is 4.57. The molecule has 9 heteroatoms. The number of thiazole rings is 1. The highest BCUT2D eigenvalue weighted by molar-refractivity contribution is 7.93. The van der Waals surface area contributed by atoms with Gasteiger partial charge in [-0.3, -0.25) is 9.52 Å². The highest BCUT2D eigenvalue weighted by atomic mass is 32.2. The van der Waals surface area contributed by atoms with Gasteiger partial charge in [0.25, 0.3) is 10.0 Å². The SMILES string of the molecule is COCCNC(=O)Cc1csc(NS(=O)(=O)c2ccc(C)cc2)n1. The van der Waals surface area contributed by atoms with Gasteiger partial charge in [-0.05, 0) is 19.1 Å². The minimum absolute atomic E-state index is 0.0898. The number of hydrogen-bond acceptors (Lipinski definition) is 6. The Kier molecular flexibility index (Phi) is 6.29. The van der Waals surface area contributed by atoms with Crippen molar-refractivity contribution in [2.24, 2.45) is 0 Å². The fraction of sp³-hybridized carbons (Fsp3) is 0.333. The van der Waals surface area contributed by atoms with Crippen molar-refractivity contribution in [1.29, 1.82) is 0 Å². The van der Waals surface area contributed by atoms with Crippen LogP contribution in [0.1, 0.15) is 11.3 Å². The minimum Gasteiger partial charge on any atom is -0.383 e. The Morgan fingerprint density at radius 3 is 2.67 bits per heavy atom. The molecule has 0 radical (unpaired) electrons. The van der Waals surface area contributed by atoms with E-state index in [0.29, 0.717) is 18.8 Å². The second-order valence-electron chi connectivity index (χ2n) is 5.08. The van der Waals surface area contributed by atoms with E-state index < -0.39 is 10.0 Å². The van der Waals surface area contributed by atoms with Crippen LogP contribution in [0.15, 0.2) is 34.5 Å². The molecular formula is C15H19N3O4S2. The zero-order chi connectivity index (χ0) is 17.6. The van der Waals surface area contributed by atoms with Crippen molar-refractivity contribution in [2.75, 3.05) is 25.0 Å². The third kappa shape index (κ3) is 5.29. The highest BCUT2D eigenvalue weighted by Gasteiger charge is 2.16. The predicted molar refractivity (Wildman–Crippen MR) is 92.7 cm³/mol. The van der Waals surface area contributed by atoms with Crippen LogP contribution in [-0.4, -0.2) is 39.6 Å². The molecule has 0 unspecified atom stereocenters. The summed E-state index contributed by atoms with van der Waals surface area (Å²) in [6.45, 7) is 2.74. The Hall–Kier alpha value is -1.97. The monoisotopic (exact) mass is 369 g/mol. The number of nitrogens with zero attached hydrogens (tertiary/aromatic N) is 1. The Bertz CT molecular complexity index is 785. The third-order valence-electron chi connectivity index (χ3n) is 3.07. The van der Waals surface area contributed by atoms with Crippen LogP contribution in [0.4, 0.5) is 5.13 Å². The smallest absolute Gasteiger partial charge is 0.263 e. The first kappa shape index (κ1) is 18.4. The first-order valence-electron chi connectivity index (χ1n) is 7.20. The number of rotatable bonds is 8. The third-order valence-corrected chi connectivity index (χ3v) is 5.37. The Balaban J connectivity index is 1.98. The summed E-state index contributed by atoms with van der Waals surface area (Å²) in [6.07, 6.45) is 0.0898. The van der Waals surface area contributed by atoms with Crippen LogP contribution in [-0.2, 0) is 26.0 Å². The number of carbonyl (C=O) groups is 1. The number of carbonyl (C=O) groups excluding carboxylic acids is 1. The highest BCUT2D eigenvalue weighted by Crippen LogP contribution is 2.20. The molecule has 2 rings (SSSR count). The summed E-state index contributed by atoms with van der Waals surface area (Å²) in [5.74, 6) is -0.190. The molecule has 1 amide bonds. The number of ether oxygens (including phenoxy) is 1. The molecule has 0 spiro atoms. The van der Waals surface area contributed by atoms with Gasteiger partial charge in [-0.15, -0.1) is 11.3 Å². The maximum Gasteiger partial charge on any atom is 0.263 e. The van der Waals surface area contributed by atoms with Gasteiger partial charge in [-0.1, -0.05) is 17.7 Å². The van der Waals surface area contributed by atoms with E-state index >= 15 is 0 Å². The molecule has 2 aromatic rings. The van der Waals surface area contributed by atoms with Crippen molar-refractivity contribution < 1.29 is 17.9 Å². The van der Waals surface area contributed by atoms with Crippen LogP contribution in [0.2, 0.25) is 0 Å². The van der Waals surface area contributed by atoms with Gasteiger partial charge < -0.3 is 10.1 Å². The first-order chi connectivity index (χ1) is 11.4. The van der Waals surface area contributed by atoms with Gasteiger partial charge >= 0.3 is 0 Å². The van der Waals surface area contributed by atoms with Crippen molar-refractivity contribution in [3.05, 3.63) is 40.9 Å². The Morgan fingerprint density at radius 1 is 1.29 bits per heavy atom. The van der Waals surface area contributed by atoms with Crippen molar-refractivity contribution in [3.8, 4) is 0 Å². The molecule has 1 aromatic heterocycles. The van der Waals surface area contributed by atoms with E-state index in [9.17, 15) is 13.2 Å². The molecule has 1 heterocycles. The largest absolute Gasteiger partial charge is 0.383 e. The normalized spacial score (nSPS) is 11.2. The number of anilines is 1. The zero-order valence-electron chi connectivity index (χ0n) is 13.4. The molecule has 0 saturated heterocycles. The number of sulfonamides is 1. The standard InChI is InChI=1S/C15H19N3O4S2/c1-11-3-5-13(6-4-11)24(20,21)18-15-17-12(10-23-15)9-14(19)16-7-8-22-2/h3-6,10H,7-9H2,1-2H3,(H,16,19)(H,17,18). The zero-order valence-corrected chi connectivity index (χ0v) is 15.0. The number of amides is 1. The van der Waals surface area contributed by atoms with Gasteiger partial charge in [0.15, 0.2) is 5.13 Å². The lowest BCUT2D eigenvalue weighted by atomic mass is 10.2. The molecule has 130 valence electrons. The molecule has 0 aliphatic rings. The summed E-state index contributed by atoms with van der Waals surface area (Å²) in [4.78, 5) is 16.0. The molecule has 2 N–H and O–H groups in total. The molecule has 0 aliphatic heterocycles. The summed E-state index contributed by atoms with van der Waals surface area (Å²) >= 11 is 1.14. The van der Waals surface area contributed by atoms with Crippen molar-refractivity contribution >= 4 is 32.4 Å². The summed E-state index contributed by atoms with van der Waals surface area (Å²) in [5.41, 5.74) is 1.49. The van der Waals surface area contributed by atoms with E-state index in [1.54, 1.807) is 24.6 Å². The lowest BCUT2D eigenvalue weighted by Crippen LogP contribution is -2.28. The average molecular weight is 369 g/mol. The molecule has 0 fully saturated rings. The number of methoxy groups -OCH3 is 1. The number of benzene rings is 1. The van der Waals surface area contributed by atoms with E-state index in [-0.39, 0.29) is 22.4 Å². The molecule has 1 aromatic carbocycles. The van der Waals surface area contributed by atoms with Crippen molar-refractivity contribution in [3.63, 3.8) is 0 Å². The number of aryl methyl sites for hydroxylation is 1. The van der Waals surface area contributed by atoms with Crippen LogP contribution in [0.25, 0.3) is 0 Å². The van der Waals surface area contributed by atoms with E-state index in [1.807, 2.05) is 6.92 Å². The van der Waals surface area contributed by atoms with Crippen LogP contribution in [0.5, 0.6) is 0 Å². The molecule has 0 saturated carbocycles. The fourth-order valence-electron chi connectivity index (χ4n) is 1.85. The van der Waals surface area contributed by atoms with Gasteiger partial charge in [0, 0.05) is 19.0 Å². The van der Waals surface area contributed by atoms with Gasteiger partial charge in [0.2, 0.25) is 5.91 Å². The molecule has 0 atom stereocenters. The summed E-state index contributed by atoms with van der Waals surface area (Å²) in [6, 6.07) is 6.53. The maximum atomic E-state index is 12.3. The van der Waals surface area contributed by atoms with Crippen LogP contribution >= 0.6 is 11.3 Å². The van der Waals surface area contributed by atoms with E-state index in [4.69, 9.17) is 4.74 Å². The van der Waals surface area contributed by atoms with Crippen LogP contribution < -0.4 is 10.0 Å². The Labute approximate surface area is 145 Å².